The lowest BCUT2D eigenvalue weighted by Crippen LogP contribution is -2.12. The molecule has 3 nitrogen and oxygen atoms in total. The molecule has 0 spiro atoms. The van der Waals surface area contributed by atoms with Gasteiger partial charge in [-0.1, -0.05) is 29.8 Å². The summed E-state index contributed by atoms with van der Waals surface area (Å²) in [4.78, 5) is 4.43. The van der Waals surface area contributed by atoms with Gasteiger partial charge in [-0.3, -0.25) is 0 Å². The van der Waals surface area contributed by atoms with E-state index in [1.54, 1.807) is 6.07 Å². The van der Waals surface area contributed by atoms with Crippen LogP contribution in [0.15, 0.2) is 34.8 Å². The Morgan fingerprint density at radius 3 is 2.67 bits per heavy atom. The number of ether oxygens (including phenoxy) is 1. The highest BCUT2D eigenvalue weighted by Gasteiger charge is 2.06. The fourth-order valence-corrected chi connectivity index (χ4v) is 2.38. The Balaban J connectivity index is 2.25. The Morgan fingerprint density at radius 1 is 1.19 bits per heavy atom. The molecule has 2 rings (SSSR count). The first kappa shape index (κ1) is 15.9. The first-order valence-corrected chi connectivity index (χ1v) is 7.74. The van der Waals surface area contributed by atoms with E-state index in [-0.39, 0.29) is 5.82 Å². The van der Waals surface area contributed by atoms with Gasteiger partial charge in [-0.25, -0.2) is 9.37 Å². The minimum Gasteiger partial charge on any atom is -0.439 e. The highest BCUT2D eigenvalue weighted by molar-refractivity contribution is 9.10. The molecule has 0 fully saturated rings. The molecule has 0 bridgehead atoms. The van der Waals surface area contributed by atoms with Crippen LogP contribution in [0.25, 0.3) is 0 Å². The van der Waals surface area contributed by atoms with Gasteiger partial charge in [0.1, 0.15) is 11.6 Å². The SMILES string of the molecule is CCNCc1cc(CC)nc(Oc2cc(F)cc(Br)c2)c1. The van der Waals surface area contributed by atoms with E-state index in [1.807, 2.05) is 13.0 Å². The summed E-state index contributed by atoms with van der Waals surface area (Å²) in [6.45, 7) is 5.76. The van der Waals surface area contributed by atoms with E-state index in [4.69, 9.17) is 4.74 Å². The maximum Gasteiger partial charge on any atom is 0.219 e. The molecular weight excluding hydrogens is 335 g/mol. The van der Waals surface area contributed by atoms with Crippen LogP contribution in [0.2, 0.25) is 0 Å². The van der Waals surface area contributed by atoms with E-state index < -0.39 is 0 Å². The van der Waals surface area contributed by atoms with E-state index >= 15 is 0 Å². The molecule has 0 aliphatic heterocycles. The Bertz CT molecular complexity index is 599. The second-order valence-electron chi connectivity index (χ2n) is 4.65. The average Bonchev–Trinajstić information content (AvgIpc) is 2.43. The van der Waals surface area contributed by atoms with Crippen molar-refractivity contribution < 1.29 is 9.13 Å². The lowest BCUT2D eigenvalue weighted by atomic mass is 10.2. The van der Waals surface area contributed by atoms with Gasteiger partial charge < -0.3 is 10.1 Å². The van der Waals surface area contributed by atoms with Gasteiger partial charge in [0.25, 0.3) is 0 Å². The van der Waals surface area contributed by atoms with Crippen molar-refractivity contribution >= 4 is 15.9 Å². The van der Waals surface area contributed by atoms with Crippen LogP contribution in [0.5, 0.6) is 11.6 Å². The molecule has 1 aromatic heterocycles. The molecule has 1 N–H and O–H groups in total. The summed E-state index contributed by atoms with van der Waals surface area (Å²) in [5, 5.41) is 3.27. The standard InChI is InChI=1S/C16H18BrFN2O/c1-3-14-5-11(10-19-4-2)6-16(20-14)21-15-8-12(17)7-13(18)9-15/h5-9,19H,3-4,10H2,1-2H3. The Hall–Kier alpha value is -1.46. The molecule has 0 radical (unpaired) electrons. The number of hydrogen-bond donors (Lipinski definition) is 1. The summed E-state index contributed by atoms with van der Waals surface area (Å²) >= 11 is 3.25. The van der Waals surface area contributed by atoms with Gasteiger partial charge in [0.2, 0.25) is 5.88 Å². The second kappa shape index (κ2) is 7.52. The minimum absolute atomic E-state index is 0.348. The number of nitrogens with one attached hydrogen (secondary N) is 1. The maximum atomic E-state index is 13.4. The number of aryl methyl sites for hydroxylation is 1. The van der Waals surface area contributed by atoms with Crippen molar-refractivity contribution in [2.24, 2.45) is 0 Å². The number of rotatable bonds is 6. The highest BCUT2D eigenvalue weighted by Crippen LogP contribution is 2.26. The predicted molar refractivity (Wildman–Crippen MR) is 85.2 cm³/mol. The molecule has 0 atom stereocenters. The quantitative estimate of drug-likeness (QED) is 0.833. The van der Waals surface area contributed by atoms with E-state index in [1.165, 1.54) is 12.1 Å². The summed E-state index contributed by atoms with van der Waals surface area (Å²) in [5.74, 6) is 0.565. The third kappa shape index (κ3) is 4.79. The molecule has 21 heavy (non-hydrogen) atoms. The number of pyridine rings is 1. The summed E-state index contributed by atoms with van der Waals surface area (Å²) < 4.78 is 19.7. The van der Waals surface area contributed by atoms with Crippen LogP contribution >= 0.6 is 15.9 Å². The Morgan fingerprint density at radius 2 is 2.00 bits per heavy atom. The molecule has 112 valence electrons. The summed E-state index contributed by atoms with van der Waals surface area (Å²) in [7, 11) is 0. The van der Waals surface area contributed by atoms with Gasteiger partial charge in [0, 0.05) is 28.8 Å². The zero-order chi connectivity index (χ0) is 15.2. The molecule has 0 unspecified atom stereocenters. The van der Waals surface area contributed by atoms with Crippen molar-refractivity contribution in [1.29, 1.82) is 0 Å². The third-order valence-corrected chi connectivity index (χ3v) is 3.37. The van der Waals surface area contributed by atoms with E-state index in [9.17, 15) is 4.39 Å². The topological polar surface area (TPSA) is 34.2 Å². The number of nitrogens with zero attached hydrogens (tertiary/aromatic N) is 1. The predicted octanol–water partition coefficient (Wildman–Crippen LogP) is 4.45. The molecular formula is C16H18BrFN2O. The molecule has 2 aromatic rings. The van der Waals surface area contributed by atoms with Crippen LogP contribution in [0, 0.1) is 5.82 Å². The van der Waals surface area contributed by atoms with Crippen LogP contribution in [0.1, 0.15) is 25.1 Å². The molecule has 1 heterocycles. The Labute approximate surface area is 132 Å². The van der Waals surface area contributed by atoms with Crippen LogP contribution in [-0.2, 0) is 13.0 Å². The number of hydrogen-bond acceptors (Lipinski definition) is 3. The smallest absolute Gasteiger partial charge is 0.219 e. The fraction of sp³-hybridized carbons (Fsp3) is 0.312. The van der Waals surface area contributed by atoms with E-state index in [0.29, 0.717) is 16.1 Å². The normalized spacial score (nSPS) is 10.7. The van der Waals surface area contributed by atoms with Gasteiger partial charge in [-0.05, 0) is 36.7 Å². The number of halogens is 2. The molecule has 0 aliphatic rings. The van der Waals surface area contributed by atoms with Gasteiger partial charge in [-0.15, -0.1) is 0 Å². The zero-order valence-electron chi connectivity index (χ0n) is 12.1. The van der Waals surface area contributed by atoms with Gasteiger partial charge in [-0.2, -0.15) is 0 Å². The minimum atomic E-state index is -0.348. The van der Waals surface area contributed by atoms with E-state index in [0.717, 1.165) is 30.8 Å². The van der Waals surface area contributed by atoms with Crippen LogP contribution in [0.4, 0.5) is 4.39 Å². The van der Waals surface area contributed by atoms with Gasteiger partial charge in [0.15, 0.2) is 0 Å². The summed E-state index contributed by atoms with van der Waals surface area (Å²) in [6, 6.07) is 8.37. The average molecular weight is 353 g/mol. The largest absolute Gasteiger partial charge is 0.439 e. The van der Waals surface area contributed by atoms with Crippen molar-refractivity contribution in [3.05, 3.63) is 51.9 Å². The number of benzene rings is 1. The first-order chi connectivity index (χ1) is 10.1. The lowest BCUT2D eigenvalue weighted by molar-refractivity contribution is 0.454. The van der Waals surface area contributed by atoms with Gasteiger partial charge in [0.05, 0.1) is 0 Å². The maximum absolute atomic E-state index is 13.4. The summed E-state index contributed by atoms with van der Waals surface area (Å²) in [6.07, 6.45) is 0.823. The molecule has 0 saturated carbocycles. The van der Waals surface area contributed by atoms with Crippen molar-refractivity contribution in [3.63, 3.8) is 0 Å². The molecule has 0 amide bonds. The van der Waals surface area contributed by atoms with Gasteiger partial charge >= 0.3 is 0 Å². The van der Waals surface area contributed by atoms with Crippen LogP contribution < -0.4 is 10.1 Å². The first-order valence-electron chi connectivity index (χ1n) is 6.95. The van der Waals surface area contributed by atoms with Crippen molar-refractivity contribution in [2.45, 2.75) is 26.8 Å². The van der Waals surface area contributed by atoms with Crippen LogP contribution in [0.3, 0.4) is 0 Å². The number of aromatic nitrogens is 1. The van der Waals surface area contributed by atoms with Crippen LogP contribution in [-0.4, -0.2) is 11.5 Å². The second-order valence-corrected chi connectivity index (χ2v) is 5.56. The van der Waals surface area contributed by atoms with Crippen molar-refractivity contribution in [1.82, 2.24) is 10.3 Å². The summed E-state index contributed by atoms with van der Waals surface area (Å²) in [5.41, 5.74) is 2.06. The molecule has 0 saturated heterocycles. The van der Waals surface area contributed by atoms with E-state index in [2.05, 4.69) is 39.2 Å². The fourth-order valence-electron chi connectivity index (χ4n) is 1.93. The monoisotopic (exact) mass is 352 g/mol. The highest BCUT2D eigenvalue weighted by atomic mass is 79.9. The molecule has 0 aliphatic carbocycles. The zero-order valence-corrected chi connectivity index (χ0v) is 13.7. The van der Waals surface area contributed by atoms with Crippen molar-refractivity contribution in [2.75, 3.05) is 6.54 Å². The molecule has 5 heteroatoms. The molecule has 1 aromatic carbocycles. The Kier molecular flexibility index (Phi) is 5.70. The lowest BCUT2D eigenvalue weighted by Gasteiger charge is -2.10. The third-order valence-electron chi connectivity index (χ3n) is 2.91. The van der Waals surface area contributed by atoms with Crippen molar-refractivity contribution in [3.8, 4) is 11.6 Å².